The number of nitrogens with zero attached hydrogens (tertiary/aromatic N) is 2. The molecule has 210 valence electrons. The summed E-state index contributed by atoms with van der Waals surface area (Å²) in [6.45, 7) is 15.8. The van der Waals surface area contributed by atoms with Crippen LogP contribution in [0.25, 0.3) is 16.9 Å². The number of allylic oxidation sites excluding steroid dienone is 2. The fourth-order valence-electron chi connectivity index (χ4n) is 6.14. The molecule has 0 aromatic heterocycles. The Bertz CT molecular complexity index is 1120. The van der Waals surface area contributed by atoms with Crippen molar-refractivity contribution >= 4 is 11.4 Å². The van der Waals surface area contributed by atoms with Crippen molar-refractivity contribution in [3.8, 4) is 0 Å². The average molecular weight is 557 g/mol. The van der Waals surface area contributed by atoms with Crippen LogP contribution in [0.2, 0.25) is 0 Å². The fraction of sp³-hybridized carbons (Fsp3) is 0.543. The molecular weight excluding hydrogens is 507 g/mol. The minimum atomic E-state index is 0. The van der Waals surface area contributed by atoms with Gasteiger partial charge in [0, 0.05) is 39.3 Å². The maximum absolute atomic E-state index is 11.8. The van der Waals surface area contributed by atoms with Crippen molar-refractivity contribution < 1.29 is 21.2 Å². The topological polar surface area (TPSA) is 25.3 Å². The maximum atomic E-state index is 11.8. The predicted molar refractivity (Wildman–Crippen MR) is 161 cm³/mol. The summed E-state index contributed by atoms with van der Waals surface area (Å²) in [6, 6.07) is 9.43. The molecule has 0 aliphatic carbocycles. The van der Waals surface area contributed by atoms with Crippen molar-refractivity contribution in [3.05, 3.63) is 86.0 Å². The minimum absolute atomic E-state index is 0. The van der Waals surface area contributed by atoms with E-state index < -0.39 is 0 Å². The van der Waals surface area contributed by atoms with Gasteiger partial charge in [0.1, 0.15) is 0 Å². The molecule has 2 aromatic carbocycles. The third kappa shape index (κ3) is 6.95. The third-order valence-corrected chi connectivity index (χ3v) is 7.95. The molecular formula is C35H50N2Ni. The standard InChI is InChI=1S/C35H50N2.Ni/c1-8-15-19-29-24-34(30-22-27(16-9-2)33(18-11-4)28(23-30)17-10-3)37(36)35(29)31-20-25(12-5)32(14-7)26(13-6)21-31;/h20-24H,8-19H2,1-7H3;. The molecule has 0 bridgehead atoms. The van der Waals surface area contributed by atoms with Crippen molar-refractivity contribution in [1.82, 2.24) is 0 Å². The van der Waals surface area contributed by atoms with Crippen molar-refractivity contribution in [1.29, 1.82) is 0 Å². The molecule has 3 rings (SSSR count). The molecule has 0 radical (unpaired) electrons. The fourth-order valence-corrected chi connectivity index (χ4v) is 6.14. The summed E-state index contributed by atoms with van der Waals surface area (Å²) in [5.74, 6) is 0. The van der Waals surface area contributed by atoms with E-state index in [-0.39, 0.29) is 16.5 Å². The van der Waals surface area contributed by atoms with E-state index in [4.69, 9.17) is 0 Å². The van der Waals surface area contributed by atoms with Crippen LogP contribution in [0.3, 0.4) is 0 Å². The van der Waals surface area contributed by atoms with Crippen molar-refractivity contribution in [2.24, 2.45) is 0 Å². The van der Waals surface area contributed by atoms with Crippen LogP contribution in [-0.4, -0.2) is 4.70 Å². The first-order valence-electron chi connectivity index (χ1n) is 15.2. The van der Waals surface area contributed by atoms with Gasteiger partial charge in [0.2, 0.25) is 11.4 Å². The molecule has 0 saturated carbocycles. The first-order valence-corrected chi connectivity index (χ1v) is 15.2. The molecule has 2 aromatic rings. The van der Waals surface area contributed by atoms with Crippen LogP contribution in [-0.2, 0) is 55.0 Å². The van der Waals surface area contributed by atoms with Gasteiger partial charge in [-0.05, 0) is 109 Å². The Morgan fingerprint density at radius 2 is 1.11 bits per heavy atom. The second-order valence-corrected chi connectivity index (χ2v) is 10.7. The molecule has 0 N–H and O–H groups in total. The van der Waals surface area contributed by atoms with Gasteiger partial charge in [-0.15, -0.1) is 0 Å². The van der Waals surface area contributed by atoms with Gasteiger partial charge in [0.15, 0.2) is 0 Å². The normalized spacial score (nSPS) is 13.2. The number of hydrogen-bond acceptors (Lipinski definition) is 0. The molecule has 38 heavy (non-hydrogen) atoms. The monoisotopic (exact) mass is 556 g/mol. The van der Waals surface area contributed by atoms with Gasteiger partial charge in [-0.3, -0.25) is 0 Å². The van der Waals surface area contributed by atoms with Crippen LogP contribution in [0.5, 0.6) is 0 Å². The van der Waals surface area contributed by atoms with E-state index in [2.05, 4.69) is 78.8 Å². The Kier molecular flexibility index (Phi) is 13.2. The number of hydrogen-bond donors (Lipinski definition) is 0. The second kappa shape index (κ2) is 15.6. The Balaban J connectivity index is 0.00000507. The second-order valence-electron chi connectivity index (χ2n) is 10.7. The quantitative estimate of drug-likeness (QED) is 0.163. The zero-order valence-corrected chi connectivity index (χ0v) is 26.1. The molecule has 1 heterocycles. The van der Waals surface area contributed by atoms with Crippen molar-refractivity contribution in [2.45, 2.75) is 126 Å². The van der Waals surface area contributed by atoms with Gasteiger partial charge in [-0.1, -0.05) is 74.1 Å². The summed E-state index contributed by atoms with van der Waals surface area (Å²) in [5, 5.41) is 0. The summed E-state index contributed by atoms with van der Waals surface area (Å²) in [4.78, 5) is 0. The largest absolute Gasteiger partial charge is 0.493 e. The summed E-state index contributed by atoms with van der Waals surface area (Å²) in [6.07, 6.45) is 15.4. The summed E-state index contributed by atoms with van der Waals surface area (Å²) >= 11 is 0. The van der Waals surface area contributed by atoms with E-state index in [0.717, 1.165) is 93.2 Å². The molecule has 1 aliphatic heterocycles. The number of unbranched alkanes of at least 4 members (excludes halogenated alkanes) is 1. The van der Waals surface area contributed by atoms with Gasteiger partial charge in [0.05, 0.1) is 0 Å². The maximum Gasteiger partial charge on any atom is 0.210 e. The van der Waals surface area contributed by atoms with Crippen LogP contribution in [0.4, 0.5) is 0 Å². The Labute approximate surface area is 243 Å². The smallest absolute Gasteiger partial charge is 0.210 e. The van der Waals surface area contributed by atoms with Gasteiger partial charge in [-0.2, -0.15) is 0 Å². The Morgan fingerprint density at radius 3 is 1.55 bits per heavy atom. The first kappa shape index (κ1) is 32.2. The van der Waals surface area contributed by atoms with Crippen LogP contribution >= 0.6 is 0 Å². The molecule has 0 unspecified atom stereocenters. The molecule has 0 saturated heterocycles. The Hall–Kier alpha value is -1.99. The molecule has 0 amide bonds. The van der Waals surface area contributed by atoms with E-state index in [0.29, 0.717) is 0 Å². The van der Waals surface area contributed by atoms with E-state index in [1.807, 2.05) is 0 Å². The van der Waals surface area contributed by atoms with Crippen LogP contribution in [0.1, 0.15) is 131 Å². The zero-order chi connectivity index (χ0) is 26.9. The first-order chi connectivity index (χ1) is 18.0. The van der Waals surface area contributed by atoms with E-state index in [1.54, 1.807) is 5.56 Å². The zero-order valence-electron chi connectivity index (χ0n) is 25.1. The van der Waals surface area contributed by atoms with E-state index >= 15 is 0 Å². The van der Waals surface area contributed by atoms with Gasteiger partial charge < -0.3 is 5.53 Å². The molecule has 0 spiro atoms. The number of aryl methyl sites for hydroxylation is 4. The third-order valence-electron chi connectivity index (χ3n) is 7.95. The van der Waals surface area contributed by atoms with Gasteiger partial charge in [0.25, 0.3) is 0 Å². The minimum Gasteiger partial charge on any atom is -0.493 e. The van der Waals surface area contributed by atoms with Crippen LogP contribution in [0.15, 0.2) is 35.9 Å². The van der Waals surface area contributed by atoms with Crippen LogP contribution < -0.4 is 0 Å². The van der Waals surface area contributed by atoms with Crippen molar-refractivity contribution in [2.75, 3.05) is 0 Å². The molecule has 1 aliphatic rings. The van der Waals surface area contributed by atoms with Gasteiger partial charge >= 0.3 is 0 Å². The van der Waals surface area contributed by atoms with E-state index in [9.17, 15) is 5.53 Å². The van der Waals surface area contributed by atoms with Crippen LogP contribution in [0, 0.1) is 0 Å². The number of rotatable bonds is 14. The predicted octanol–water partition coefficient (Wildman–Crippen LogP) is 10.2. The summed E-state index contributed by atoms with van der Waals surface area (Å²) in [7, 11) is 0. The molecule has 0 fully saturated rings. The number of benzene rings is 2. The molecule has 2 nitrogen and oxygen atoms in total. The summed E-state index contributed by atoms with van der Waals surface area (Å²) < 4.78 is 1.52. The summed E-state index contributed by atoms with van der Waals surface area (Å²) in [5.41, 5.74) is 26.1. The molecule has 3 heteroatoms. The Morgan fingerprint density at radius 1 is 0.579 bits per heavy atom. The average Bonchev–Trinajstić information content (AvgIpc) is 3.24. The van der Waals surface area contributed by atoms with Gasteiger partial charge in [-0.25, -0.2) is 4.70 Å². The van der Waals surface area contributed by atoms with E-state index in [1.165, 1.54) is 44.5 Å². The molecule has 0 atom stereocenters. The SMILES string of the molecule is CCCCC1=C(c2cc(CC)c(CC)c(CC)c2)[N+](=[N-])C(c2cc(CCC)c(CCC)c(CCC)c2)=C1.[Ni]. The van der Waals surface area contributed by atoms with Crippen molar-refractivity contribution in [3.63, 3.8) is 0 Å².